The first-order valence-corrected chi connectivity index (χ1v) is 7.28. The van der Waals surface area contributed by atoms with Crippen LogP contribution in [0.5, 0.6) is 0 Å². The van der Waals surface area contributed by atoms with Gasteiger partial charge in [-0.2, -0.15) is 5.11 Å². The standard InChI is InChI=1S/C16H18F2N6/c1-2-10(13-5-6-14(23-13)16(19)20)15(24-21)8-22-9-3-4-11(17)12(18)7-9/h3-8,10,21-23H,2H2,1H3,(H3,19,20)/b15-8-,24-21?. The highest BCUT2D eigenvalue weighted by Crippen LogP contribution is 2.28. The van der Waals surface area contributed by atoms with Gasteiger partial charge in [-0.05, 0) is 30.7 Å². The van der Waals surface area contributed by atoms with E-state index in [2.05, 4.69) is 15.4 Å². The summed E-state index contributed by atoms with van der Waals surface area (Å²) < 4.78 is 26.2. The number of hydrogen-bond acceptors (Lipinski definition) is 4. The molecule has 0 spiro atoms. The van der Waals surface area contributed by atoms with E-state index in [9.17, 15) is 8.78 Å². The van der Waals surface area contributed by atoms with Crippen molar-refractivity contribution in [1.29, 1.82) is 10.9 Å². The summed E-state index contributed by atoms with van der Waals surface area (Å²) >= 11 is 0. The van der Waals surface area contributed by atoms with Gasteiger partial charge in [0.1, 0.15) is 5.84 Å². The van der Waals surface area contributed by atoms with Crippen molar-refractivity contribution in [2.45, 2.75) is 19.3 Å². The van der Waals surface area contributed by atoms with Crippen LogP contribution in [0.2, 0.25) is 0 Å². The Morgan fingerprint density at radius 3 is 2.62 bits per heavy atom. The number of nitrogens with zero attached hydrogens (tertiary/aromatic N) is 1. The Labute approximate surface area is 137 Å². The van der Waals surface area contributed by atoms with Gasteiger partial charge >= 0.3 is 0 Å². The second-order valence-electron chi connectivity index (χ2n) is 5.16. The molecule has 0 aliphatic carbocycles. The molecule has 1 aromatic carbocycles. The molecule has 1 atom stereocenters. The van der Waals surface area contributed by atoms with E-state index in [0.29, 0.717) is 23.5 Å². The summed E-state index contributed by atoms with van der Waals surface area (Å²) in [6, 6.07) is 6.90. The maximum absolute atomic E-state index is 13.2. The highest BCUT2D eigenvalue weighted by atomic mass is 19.2. The van der Waals surface area contributed by atoms with Crippen molar-refractivity contribution in [3.63, 3.8) is 0 Å². The second-order valence-corrected chi connectivity index (χ2v) is 5.16. The van der Waals surface area contributed by atoms with Crippen LogP contribution in [-0.4, -0.2) is 10.8 Å². The Bertz CT molecular complexity index is 781. The molecule has 1 aromatic heterocycles. The lowest BCUT2D eigenvalue weighted by Gasteiger charge is -2.14. The molecule has 0 aliphatic heterocycles. The molecule has 0 bridgehead atoms. The predicted octanol–water partition coefficient (Wildman–Crippen LogP) is 4.06. The Morgan fingerprint density at radius 1 is 1.33 bits per heavy atom. The average molecular weight is 332 g/mol. The molecule has 1 heterocycles. The van der Waals surface area contributed by atoms with Gasteiger partial charge in [-0.3, -0.25) is 5.41 Å². The van der Waals surface area contributed by atoms with Crippen LogP contribution < -0.4 is 11.1 Å². The quantitative estimate of drug-likeness (QED) is 0.299. The highest BCUT2D eigenvalue weighted by Gasteiger charge is 2.17. The minimum absolute atomic E-state index is 0.0793. The van der Waals surface area contributed by atoms with E-state index in [1.807, 2.05) is 6.92 Å². The smallest absolute Gasteiger partial charge is 0.160 e. The van der Waals surface area contributed by atoms with Crippen LogP contribution in [0.25, 0.3) is 0 Å². The summed E-state index contributed by atoms with van der Waals surface area (Å²) in [6.07, 6.45) is 2.12. The minimum Gasteiger partial charge on any atom is -0.382 e. The van der Waals surface area contributed by atoms with E-state index in [-0.39, 0.29) is 11.8 Å². The number of H-pyrrole nitrogens is 1. The van der Waals surface area contributed by atoms with Crippen molar-refractivity contribution in [3.8, 4) is 0 Å². The van der Waals surface area contributed by atoms with Crippen LogP contribution in [-0.2, 0) is 0 Å². The number of allylic oxidation sites excluding steroid dienone is 1. The molecule has 1 unspecified atom stereocenters. The van der Waals surface area contributed by atoms with E-state index in [1.165, 1.54) is 12.3 Å². The largest absolute Gasteiger partial charge is 0.382 e. The Balaban J connectivity index is 2.24. The molecule has 126 valence electrons. The normalized spacial score (nSPS) is 12.7. The van der Waals surface area contributed by atoms with Gasteiger partial charge in [0.05, 0.1) is 11.4 Å². The molecule has 2 rings (SSSR count). The molecule has 0 radical (unpaired) electrons. The molecule has 24 heavy (non-hydrogen) atoms. The van der Waals surface area contributed by atoms with Crippen LogP contribution in [0.15, 0.2) is 47.3 Å². The van der Waals surface area contributed by atoms with Crippen molar-refractivity contribution in [2.24, 2.45) is 10.8 Å². The number of benzene rings is 1. The number of rotatable bonds is 7. The van der Waals surface area contributed by atoms with Gasteiger partial charge in [-0.15, -0.1) is 0 Å². The van der Waals surface area contributed by atoms with Crippen molar-refractivity contribution in [2.75, 3.05) is 5.32 Å². The topological polar surface area (TPSA) is 114 Å². The molecular weight excluding hydrogens is 314 g/mol. The molecule has 0 fully saturated rings. The summed E-state index contributed by atoms with van der Waals surface area (Å²) in [6.45, 7) is 1.93. The Kier molecular flexibility index (Phi) is 5.41. The van der Waals surface area contributed by atoms with Crippen molar-refractivity contribution >= 4 is 11.5 Å². The maximum Gasteiger partial charge on any atom is 0.160 e. The second kappa shape index (κ2) is 7.49. The fourth-order valence-corrected chi connectivity index (χ4v) is 2.31. The van der Waals surface area contributed by atoms with Gasteiger partial charge in [0.25, 0.3) is 0 Å². The Hall–Kier alpha value is -3.03. The molecule has 2 aromatic rings. The first kappa shape index (κ1) is 17.3. The van der Waals surface area contributed by atoms with Gasteiger partial charge in [0.15, 0.2) is 11.6 Å². The molecule has 8 heteroatoms. The molecule has 0 aliphatic rings. The third-order valence-electron chi connectivity index (χ3n) is 3.57. The van der Waals surface area contributed by atoms with E-state index in [1.54, 1.807) is 12.1 Å². The first-order chi connectivity index (χ1) is 11.5. The van der Waals surface area contributed by atoms with E-state index in [0.717, 1.165) is 17.8 Å². The van der Waals surface area contributed by atoms with Crippen LogP contribution >= 0.6 is 0 Å². The third-order valence-corrected chi connectivity index (χ3v) is 3.57. The van der Waals surface area contributed by atoms with Gasteiger partial charge in [-0.25, -0.2) is 14.3 Å². The van der Waals surface area contributed by atoms with Crippen molar-refractivity contribution < 1.29 is 8.78 Å². The number of hydrogen-bond donors (Lipinski definition) is 5. The summed E-state index contributed by atoms with van der Waals surface area (Å²) in [7, 11) is 0. The summed E-state index contributed by atoms with van der Waals surface area (Å²) in [5.74, 6) is -2.19. The van der Waals surface area contributed by atoms with Crippen LogP contribution in [0.1, 0.15) is 30.7 Å². The van der Waals surface area contributed by atoms with Gasteiger partial charge in [0, 0.05) is 29.6 Å². The third kappa shape index (κ3) is 3.83. The molecule has 6 nitrogen and oxygen atoms in total. The first-order valence-electron chi connectivity index (χ1n) is 7.28. The SMILES string of the molecule is CCC(/C(=C/Nc1ccc(F)c(F)c1)N=N)c1ccc(C(=N)N)[nH]1. The van der Waals surface area contributed by atoms with Gasteiger partial charge in [-0.1, -0.05) is 6.92 Å². The molecule has 6 N–H and O–H groups in total. The zero-order valence-corrected chi connectivity index (χ0v) is 13.0. The number of aromatic nitrogens is 1. The highest BCUT2D eigenvalue weighted by molar-refractivity contribution is 5.93. The van der Waals surface area contributed by atoms with Crippen LogP contribution in [0, 0.1) is 22.6 Å². The number of nitrogen functional groups attached to an aromatic ring is 1. The number of nitrogens with two attached hydrogens (primary N) is 1. The number of nitrogens with one attached hydrogen (secondary N) is 4. The van der Waals surface area contributed by atoms with Gasteiger partial charge in [0.2, 0.25) is 0 Å². The number of amidine groups is 1. The van der Waals surface area contributed by atoms with Crippen LogP contribution in [0.3, 0.4) is 0 Å². The minimum atomic E-state index is -0.958. The van der Waals surface area contributed by atoms with Crippen molar-refractivity contribution in [3.05, 3.63) is 65.3 Å². The monoisotopic (exact) mass is 332 g/mol. The fourth-order valence-electron chi connectivity index (χ4n) is 2.31. The van der Waals surface area contributed by atoms with Crippen molar-refractivity contribution in [1.82, 2.24) is 4.98 Å². The molecular formula is C16H18F2N6. The summed E-state index contributed by atoms with van der Waals surface area (Å²) in [4.78, 5) is 3.02. The lowest BCUT2D eigenvalue weighted by atomic mass is 9.99. The number of halogens is 2. The maximum atomic E-state index is 13.2. The molecule has 0 amide bonds. The zero-order chi connectivity index (χ0) is 17.7. The number of anilines is 1. The molecule has 0 saturated heterocycles. The summed E-state index contributed by atoms with van der Waals surface area (Å²) in [5.41, 5.74) is 14.8. The van der Waals surface area contributed by atoms with Gasteiger partial charge < -0.3 is 16.0 Å². The zero-order valence-electron chi connectivity index (χ0n) is 13.0. The summed E-state index contributed by atoms with van der Waals surface area (Å²) in [5, 5.41) is 13.8. The average Bonchev–Trinajstić information content (AvgIpc) is 3.04. The predicted molar refractivity (Wildman–Crippen MR) is 88.1 cm³/mol. The Morgan fingerprint density at radius 2 is 2.08 bits per heavy atom. The lowest BCUT2D eigenvalue weighted by molar-refractivity contribution is 0.509. The van der Waals surface area contributed by atoms with Crippen LogP contribution in [0.4, 0.5) is 14.5 Å². The van der Waals surface area contributed by atoms with E-state index < -0.39 is 11.6 Å². The lowest BCUT2D eigenvalue weighted by Crippen LogP contribution is -2.12. The van der Waals surface area contributed by atoms with E-state index in [4.69, 9.17) is 16.7 Å². The van der Waals surface area contributed by atoms with E-state index >= 15 is 0 Å². The fraction of sp³-hybridized carbons (Fsp3) is 0.188. The number of aromatic amines is 1. The molecule has 0 saturated carbocycles.